The maximum absolute atomic E-state index is 11.6. The van der Waals surface area contributed by atoms with Crippen LogP contribution in [0.25, 0.3) is 0 Å². The standard InChI is InChI=1S/C15H21N5O2/c1-2-15(21)20-5-3-18(4-6-20)13-11-14(17-12-16-13)19-7-9-22-10-8-19/h2,11-12H,1,3-10H2. The largest absolute Gasteiger partial charge is 0.378 e. The fourth-order valence-electron chi connectivity index (χ4n) is 2.76. The summed E-state index contributed by atoms with van der Waals surface area (Å²) in [6, 6.07) is 2.02. The predicted molar refractivity (Wildman–Crippen MR) is 84.1 cm³/mol. The number of ether oxygens (including phenoxy) is 1. The Hall–Kier alpha value is -2.15. The summed E-state index contributed by atoms with van der Waals surface area (Å²) in [5.41, 5.74) is 0. The number of hydrogen-bond acceptors (Lipinski definition) is 6. The fraction of sp³-hybridized carbons (Fsp3) is 0.533. The van der Waals surface area contributed by atoms with Gasteiger partial charge < -0.3 is 19.4 Å². The molecule has 0 aromatic carbocycles. The molecule has 1 amide bonds. The van der Waals surface area contributed by atoms with Gasteiger partial charge in [-0.2, -0.15) is 0 Å². The molecule has 0 saturated carbocycles. The van der Waals surface area contributed by atoms with Gasteiger partial charge in [-0.05, 0) is 6.08 Å². The van der Waals surface area contributed by atoms with Crippen molar-refractivity contribution in [2.45, 2.75) is 0 Å². The van der Waals surface area contributed by atoms with Crippen LogP contribution in [0.5, 0.6) is 0 Å². The minimum Gasteiger partial charge on any atom is -0.378 e. The summed E-state index contributed by atoms with van der Waals surface area (Å²) in [5, 5.41) is 0. The van der Waals surface area contributed by atoms with E-state index < -0.39 is 0 Å². The van der Waals surface area contributed by atoms with Crippen molar-refractivity contribution in [2.24, 2.45) is 0 Å². The lowest BCUT2D eigenvalue weighted by atomic mass is 10.3. The van der Waals surface area contributed by atoms with Crippen molar-refractivity contribution in [1.82, 2.24) is 14.9 Å². The molecule has 0 N–H and O–H groups in total. The Morgan fingerprint density at radius 3 is 2.23 bits per heavy atom. The Labute approximate surface area is 130 Å². The molecular weight excluding hydrogens is 282 g/mol. The van der Waals surface area contributed by atoms with Crippen LogP contribution in [0.15, 0.2) is 25.0 Å². The van der Waals surface area contributed by atoms with Crippen LogP contribution >= 0.6 is 0 Å². The number of carbonyl (C=O) groups excluding carboxylic acids is 1. The lowest BCUT2D eigenvalue weighted by Crippen LogP contribution is -2.48. The maximum Gasteiger partial charge on any atom is 0.246 e. The lowest BCUT2D eigenvalue weighted by Gasteiger charge is -2.35. The number of carbonyl (C=O) groups is 1. The molecule has 118 valence electrons. The molecule has 3 rings (SSSR count). The molecule has 0 aliphatic carbocycles. The third-order valence-corrected chi connectivity index (χ3v) is 4.06. The topological polar surface area (TPSA) is 61.8 Å². The normalized spacial score (nSPS) is 19.2. The zero-order chi connectivity index (χ0) is 15.4. The highest BCUT2D eigenvalue weighted by atomic mass is 16.5. The molecule has 3 heterocycles. The van der Waals surface area contributed by atoms with Gasteiger partial charge in [-0.3, -0.25) is 4.79 Å². The fourth-order valence-corrected chi connectivity index (χ4v) is 2.76. The highest BCUT2D eigenvalue weighted by Gasteiger charge is 2.21. The third-order valence-electron chi connectivity index (χ3n) is 4.06. The Balaban J connectivity index is 1.65. The van der Waals surface area contributed by atoms with E-state index in [1.807, 2.05) is 11.0 Å². The molecule has 0 atom stereocenters. The number of nitrogens with zero attached hydrogens (tertiary/aromatic N) is 5. The minimum atomic E-state index is -0.00339. The number of piperazine rings is 1. The van der Waals surface area contributed by atoms with E-state index in [-0.39, 0.29) is 5.91 Å². The van der Waals surface area contributed by atoms with Gasteiger partial charge in [0.15, 0.2) is 0 Å². The highest BCUT2D eigenvalue weighted by molar-refractivity contribution is 5.87. The van der Waals surface area contributed by atoms with Crippen LogP contribution in [-0.4, -0.2) is 73.3 Å². The summed E-state index contributed by atoms with van der Waals surface area (Å²) >= 11 is 0. The van der Waals surface area contributed by atoms with Crippen molar-refractivity contribution in [3.05, 3.63) is 25.0 Å². The molecule has 2 aliphatic rings. The Bertz CT molecular complexity index is 536. The number of aromatic nitrogens is 2. The molecule has 1 aromatic heterocycles. The van der Waals surface area contributed by atoms with Gasteiger partial charge in [0.2, 0.25) is 5.91 Å². The first kappa shape index (κ1) is 14.8. The summed E-state index contributed by atoms with van der Waals surface area (Å²) in [6.07, 6.45) is 2.98. The van der Waals surface area contributed by atoms with Gasteiger partial charge >= 0.3 is 0 Å². The van der Waals surface area contributed by atoms with Crippen molar-refractivity contribution < 1.29 is 9.53 Å². The zero-order valence-electron chi connectivity index (χ0n) is 12.6. The third kappa shape index (κ3) is 3.19. The predicted octanol–water partition coefficient (Wildman–Crippen LogP) is 0.148. The van der Waals surface area contributed by atoms with Crippen LogP contribution in [0.1, 0.15) is 0 Å². The molecule has 7 nitrogen and oxygen atoms in total. The van der Waals surface area contributed by atoms with Gasteiger partial charge in [-0.15, -0.1) is 0 Å². The molecule has 2 fully saturated rings. The van der Waals surface area contributed by atoms with Crippen molar-refractivity contribution >= 4 is 17.5 Å². The highest BCUT2D eigenvalue weighted by Crippen LogP contribution is 2.19. The second-order valence-corrected chi connectivity index (χ2v) is 5.35. The number of anilines is 2. The monoisotopic (exact) mass is 303 g/mol. The van der Waals surface area contributed by atoms with Gasteiger partial charge in [0, 0.05) is 45.3 Å². The summed E-state index contributed by atoms with van der Waals surface area (Å²) in [5.74, 6) is 1.86. The molecule has 0 unspecified atom stereocenters. The van der Waals surface area contributed by atoms with Crippen molar-refractivity contribution in [1.29, 1.82) is 0 Å². The molecule has 1 aromatic rings. The van der Waals surface area contributed by atoms with E-state index in [4.69, 9.17) is 4.74 Å². The summed E-state index contributed by atoms with van der Waals surface area (Å²) in [4.78, 5) is 26.6. The molecule has 0 bridgehead atoms. The second-order valence-electron chi connectivity index (χ2n) is 5.35. The molecule has 0 spiro atoms. The molecular formula is C15H21N5O2. The lowest BCUT2D eigenvalue weighted by molar-refractivity contribution is -0.126. The molecule has 7 heteroatoms. The quantitative estimate of drug-likeness (QED) is 0.741. The Morgan fingerprint density at radius 2 is 1.64 bits per heavy atom. The first-order valence-corrected chi connectivity index (χ1v) is 7.59. The van der Waals surface area contributed by atoms with Gasteiger partial charge in [0.25, 0.3) is 0 Å². The van der Waals surface area contributed by atoms with E-state index in [1.165, 1.54) is 6.08 Å². The zero-order valence-corrected chi connectivity index (χ0v) is 12.6. The molecule has 22 heavy (non-hydrogen) atoms. The van der Waals surface area contributed by atoms with Crippen LogP contribution in [0, 0.1) is 0 Å². The Kier molecular flexibility index (Phi) is 4.53. The van der Waals surface area contributed by atoms with Crippen molar-refractivity contribution in [2.75, 3.05) is 62.3 Å². The van der Waals surface area contributed by atoms with Gasteiger partial charge in [-0.25, -0.2) is 9.97 Å². The van der Waals surface area contributed by atoms with E-state index >= 15 is 0 Å². The van der Waals surface area contributed by atoms with Crippen LogP contribution in [0.4, 0.5) is 11.6 Å². The van der Waals surface area contributed by atoms with Crippen LogP contribution < -0.4 is 9.80 Å². The van der Waals surface area contributed by atoms with Crippen molar-refractivity contribution in [3.63, 3.8) is 0 Å². The van der Waals surface area contributed by atoms with E-state index in [1.54, 1.807) is 6.33 Å². The number of morpholine rings is 1. The SMILES string of the molecule is C=CC(=O)N1CCN(c2cc(N3CCOCC3)ncn2)CC1. The van der Waals surface area contributed by atoms with Crippen molar-refractivity contribution in [3.8, 4) is 0 Å². The van der Waals surface area contributed by atoms with Gasteiger partial charge in [-0.1, -0.05) is 6.58 Å². The summed E-state index contributed by atoms with van der Waals surface area (Å²) in [7, 11) is 0. The Morgan fingerprint density at radius 1 is 1.05 bits per heavy atom. The van der Waals surface area contributed by atoms with Crippen LogP contribution in [0.2, 0.25) is 0 Å². The average molecular weight is 303 g/mol. The second kappa shape index (κ2) is 6.74. The first-order chi connectivity index (χ1) is 10.8. The van der Waals surface area contributed by atoms with E-state index in [0.717, 1.165) is 51.0 Å². The first-order valence-electron chi connectivity index (χ1n) is 7.59. The number of rotatable bonds is 3. The maximum atomic E-state index is 11.6. The number of hydrogen-bond donors (Lipinski definition) is 0. The molecule has 2 saturated heterocycles. The molecule has 2 aliphatic heterocycles. The van der Waals surface area contributed by atoms with Gasteiger partial charge in [0.1, 0.15) is 18.0 Å². The number of amides is 1. The smallest absolute Gasteiger partial charge is 0.246 e. The average Bonchev–Trinajstić information content (AvgIpc) is 2.62. The van der Waals surface area contributed by atoms with Gasteiger partial charge in [0.05, 0.1) is 13.2 Å². The van der Waals surface area contributed by atoms with Crippen LogP contribution in [0.3, 0.4) is 0 Å². The van der Waals surface area contributed by atoms with E-state index in [9.17, 15) is 4.79 Å². The summed E-state index contributed by atoms with van der Waals surface area (Å²) in [6.45, 7) is 9.68. The molecule has 0 radical (unpaired) electrons. The minimum absolute atomic E-state index is 0.00339. The van der Waals surface area contributed by atoms with Crippen LogP contribution in [-0.2, 0) is 9.53 Å². The van der Waals surface area contributed by atoms with E-state index in [2.05, 4.69) is 26.3 Å². The van der Waals surface area contributed by atoms with E-state index in [0.29, 0.717) is 13.1 Å². The summed E-state index contributed by atoms with van der Waals surface area (Å²) < 4.78 is 5.37.